The van der Waals surface area contributed by atoms with Crippen molar-refractivity contribution in [3.05, 3.63) is 12.7 Å². The molecule has 1 aliphatic heterocycles. The number of piperidine rings is 1. The predicted octanol–water partition coefficient (Wildman–Crippen LogP) is 1.16. The van der Waals surface area contributed by atoms with Crippen LogP contribution in [0.3, 0.4) is 0 Å². The normalized spacial score (nSPS) is 22.5. The van der Waals surface area contributed by atoms with E-state index in [0.717, 1.165) is 19.5 Å². The number of amides is 1. The smallest absolute Gasteiger partial charge is 0.246 e. The number of carbonyl (C=O) groups excluding carboxylic acids is 1. The summed E-state index contributed by atoms with van der Waals surface area (Å²) in [6.45, 7) is 9.48. The van der Waals surface area contributed by atoms with Gasteiger partial charge in [0.2, 0.25) is 5.91 Å². The van der Waals surface area contributed by atoms with E-state index in [9.17, 15) is 4.79 Å². The second-order valence-corrected chi connectivity index (χ2v) is 4.15. The Morgan fingerprint density at radius 1 is 1.64 bits per heavy atom. The minimum Gasteiger partial charge on any atom is -0.338 e. The summed E-state index contributed by atoms with van der Waals surface area (Å²) in [7, 11) is 0. The molecule has 3 nitrogen and oxygen atoms in total. The van der Waals surface area contributed by atoms with Gasteiger partial charge in [-0.15, -0.1) is 0 Å². The average Bonchev–Trinajstić information content (AvgIpc) is 2.16. The van der Waals surface area contributed by atoms with E-state index in [1.165, 1.54) is 12.5 Å². The highest BCUT2D eigenvalue weighted by Gasteiger charge is 2.21. The summed E-state index contributed by atoms with van der Waals surface area (Å²) < 4.78 is 0. The molecule has 1 fully saturated rings. The molecule has 1 unspecified atom stereocenters. The molecule has 1 aliphatic rings. The Balaban J connectivity index is 2.43. The monoisotopic (exact) mass is 196 g/mol. The first kappa shape index (κ1) is 11.2. The summed E-state index contributed by atoms with van der Waals surface area (Å²) in [5, 5.41) is 3.46. The van der Waals surface area contributed by atoms with Gasteiger partial charge in [-0.25, -0.2) is 0 Å². The van der Waals surface area contributed by atoms with Gasteiger partial charge in [-0.1, -0.05) is 20.4 Å². The molecular formula is C11H20N2O. The highest BCUT2D eigenvalue weighted by Crippen LogP contribution is 2.10. The molecule has 0 radical (unpaired) electrons. The Morgan fingerprint density at radius 2 is 2.36 bits per heavy atom. The number of likely N-dealkylation sites (tertiary alicyclic amines) is 1. The number of nitrogens with one attached hydrogen (secondary N) is 1. The molecule has 1 heterocycles. The molecule has 1 atom stereocenters. The summed E-state index contributed by atoms with van der Waals surface area (Å²) in [5.41, 5.74) is 0. The number of carbonyl (C=O) groups is 1. The Morgan fingerprint density at radius 3 is 2.93 bits per heavy atom. The summed E-state index contributed by atoms with van der Waals surface area (Å²) >= 11 is 0. The lowest BCUT2D eigenvalue weighted by molar-refractivity contribution is -0.127. The maximum atomic E-state index is 11.4. The molecule has 0 aromatic rings. The molecule has 1 amide bonds. The fourth-order valence-electron chi connectivity index (χ4n) is 1.91. The van der Waals surface area contributed by atoms with Gasteiger partial charge in [0.05, 0.1) is 0 Å². The van der Waals surface area contributed by atoms with Crippen molar-refractivity contribution in [2.24, 2.45) is 0 Å². The van der Waals surface area contributed by atoms with E-state index >= 15 is 0 Å². The molecule has 3 heteroatoms. The molecule has 0 saturated carbocycles. The zero-order chi connectivity index (χ0) is 10.6. The van der Waals surface area contributed by atoms with Crippen molar-refractivity contribution >= 4 is 5.91 Å². The van der Waals surface area contributed by atoms with Crippen LogP contribution < -0.4 is 5.32 Å². The lowest BCUT2D eigenvalue weighted by Gasteiger charge is -2.33. The largest absolute Gasteiger partial charge is 0.338 e. The van der Waals surface area contributed by atoms with Crippen LogP contribution in [0.15, 0.2) is 12.7 Å². The van der Waals surface area contributed by atoms with E-state index < -0.39 is 0 Å². The molecule has 0 spiro atoms. The number of rotatable bonds is 3. The predicted molar refractivity (Wildman–Crippen MR) is 58.1 cm³/mol. The number of nitrogens with zero attached hydrogens (tertiary/aromatic N) is 1. The SMILES string of the molecule is C=CC(=O)N1CCCC(NC(C)C)C1. The van der Waals surface area contributed by atoms with Gasteiger partial charge in [0.1, 0.15) is 0 Å². The lowest BCUT2D eigenvalue weighted by Crippen LogP contribution is -2.49. The van der Waals surface area contributed by atoms with Crippen molar-refractivity contribution in [2.45, 2.75) is 38.8 Å². The molecule has 14 heavy (non-hydrogen) atoms. The topological polar surface area (TPSA) is 32.3 Å². The van der Waals surface area contributed by atoms with Crippen LogP contribution in [0.4, 0.5) is 0 Å². The van der Waals surface area contributed by atoms with Crippen molar-refractivity contribution in [2.75, 3.05) is 13.1 Å². The first-order chi connectivity index (χ1) is 6.63. The number of hydrogen-bond acceptors (Lipinski definition) is 2. The van der Waals surface area contributed by atoms with Crippen LogP contribution >= 0.6 is 0 Å². The fourth-order valence-corrected chi connectivity index (χ4v) is 1.91. The van der Waals surface area contributed by atoms with E-state index in [-0.39, 0.29) is 5.91 Å². The van der Waals surface area contributed by atoms with E-state index in [2.05, 4.69) is 25.7 Å². The van der Waals surface area contributed by atoms with Gasteiger partial charge in [0.25, 0.3) is 0 Å². The summed E-state index contributed by atoms with van der Waals surface area (Å²) in [4.78, 5) is 13.2. The van der Waals surface area contributed by atoms with E-state index in [1.54, 1.807) is 0 Å². The van der Waals surface area contributed by atoms with Crippen LogP contribution in [0, 0.1) is 0 Å². The maximum absolute atomic E-state index is 11.4. The van der Waals surface area contributed by atoms with Gasteiger partial charge in [-0.2, -0.15) is 0 Å². The van der Waals surface area contributed by atoms with Crippen molar-refractivity contribution in [1.82, 2.24) is 10.2 Å². The molecule has 1 rings (SSSR count). The Hall–Kier alpha value is -0.830. The Labute approximate surface area is 86.2 Å². The van der Waals surface area contributed by atoms with Crippen molar-refractivity contribution < 1.29 is 4.79 Å². The summed E-state index contributed by atoms with van der Waals surface area (Å²) in [6, 6.07) is 0.937. The second kappa shape index (κ2) is 5.15. The van der Waals surface area contributed by atoms with Gasteiger partial charge in [-0.05, 0) is 18.9 Å². The van der Waals surface area contributed by atoms with Crippen LogP contribution in [0.25, 0.3) is 0 Å². The molecule has 0 aromatic carbocycles. The zero-order valence-corrected chi connectivity index (χ0v) is 9.12. The van der Waals surface area contributed by atoms with Crippen LogP contribution in [0.1, 0.15) is 26.7 Å². The Bertz CT molecular complexity index is 213. The average molecular weight is 196 g/mol. The van der Waals surface area contributed by atoms with Crippen LogP contribution in [-0.4, -0.2) is 36.0 Å². The molecular weight excluding hydrogens is 176 g/mol. The minimum atomic E-state index is 0.0558. The number of hydrogen-bond donors (Lipinski definition) is 1. The maximum Gasteiger partial charge on any atom is 0.246 e. The quantitative estimate of drug-likeness (QED) is 0.687. The lowest BCUT2D eigenvalue weighted by atomic mass is 10.0. The second-order valence-electron chi connectivity index (χ2n) is 4.15. The van der Waals surface area contributed by atoms with Crippen LogP contribution in [0.5, 0.6) is 0 Å². The third-order valence-electron chi connectivity index (χ3n) is 2.48. The van der Waals surface area contributed by atoms with Gasteiger partial charge < -0.3 is 10.2 Å². The first-order valence-electron chi connectivity index (χ1n) is 5.31. The van der Waals surface area contributed by atoms with Gasteiger partial charge in [0.15, 0.2) is 0 Å². The highest BCUT2D eigenvalue weighted by molar-refractivity contribution is 5.87. The minimum absolute atomic E-state index is 0.0558. The zero-order valence-electron chi connectivity index (χ0n) is 9.12. The van der Waals surface area contributed by atoms with Crippen molar-refractivity contribution in [3.63, 3.8) is 0 Å². The van der Waals surface area contributed by atoms with Crippen molar-refractivity contribution in [3.8, 4) is 0 Å². The first-order valence-corrected chi connectivity index (χ1v) is 5.31. The standard InChI is InChI=1S/C11H20N2O/c1-4-11(14)13-7-5-6-10(8-13)12-9(2)3/h4,9-10,12H,1,5-8H2,2-3H3. The van der Waals surface area contributed by atoms with E-state index in [0.29, 0.717) is 12.1 Å². The van der Waals surface area contributed by atoms with E-state index in [4.69, 9.17) is 0 Å². The van der Waals surface area contributed by atoms with Gasteiger partial charge >= 0.3 is 0 Å². The molecule has 1 N–H and O–H groups in total. The molecule has 0 bridgehead atoms. The molecule has 80 valence electrons. The van der Waals surface area contributed by atoms with Gasteiger partial charge in [-0.3, -0.25) is 4.79 Å². The Kier molecular flexibility index (Phi) is 4.14. The molecule has 0 aromatic heterocycles. The third kappa shape index (κ3) is 3.14. The highest BCUT2D eigenvalue weighted by atomic mass is 16.2. The van der Waals surface area contributed by atoms with E-state index in [1.807, 2.05) is 4.90 Å². The van der Waals surface area contributed by atoms with Crippen LogP contribution in [0.2, 0.25) is 0 Å². The third-order valence-corrected chi connectivity index (χ3v) is 2.48. The fraction of sp³-hybridized carbons (Fsp3) is 0.727. The molecule has 1 saturated heterocycles. The molecule has 0 aliphatic carbocycles. The van der Waals surface area contributed by atoms with Gasteiger partial charge in [0, 0.05) is 25.2 Å². The van der Waals surface area contributed by atoms with Crippen LogP contribution in [-0.2, 0) is 4.79 Å². The summed E-state index contributed by atoms with van der Waals surface area (Å²) in [5.74, 6) is 0.0558. The van der Waals surface area contributed by atoms with Crippen molar-refractivity contribution in [1.29, 1.82) is 0 Å². The summed E-state index contributed by atoms with van der Waals surface area (Å²) in [6.07, 6.45) is 3.65.